The normalized spacial score (nSPS) is 13.7. The van der Waals surface area contributed by atoms with Gasteiger partial charge in [-0.05, 0) is 24.3 Å². The Morgan fingerprint density at radius 1 is 1.31 bits per heavy atom. The second-order valence-electron chi connectivity index (χ2n) is 6.64. The number of halogens is 1. The van der Waals surface area contributed by atoms with Crippen LogP contribution in [0.3, 0.4) is 0 Å². The number of carbonyl (C=O) groups excluding carboxylic acids is 1. The molecular weight excluding hydrogens is 360 g/mol. The van der Waals surface area contributed by atoms with Crippen molar-refractivity contribution in [2.45, 2.75) is 33.1 Å². The van der Waals surface area contributed by atoms with Gasteiger partial charge in [-0.3, -0.25) is 5.32 Å². The molecule has 8 nitrogen and oxygen atoms in total. The smallest absolute Gasteiger partial charge is 0.409 e. The Hall–Kier alpha value is -2.32. The molecule has 9 heteroatoms. The van der Waals surface area contributed by atoms with E-state index in [1.54, 1.807) is 24.3 Å². The van der Waals surface area contributed by atoms with E-state index in [-0.39, 0.29) is 6.73 Å². The zero-order valence-corrected chi connectivity index (χ0v) is 15.9. The van der Waals surface area contributed by atoms with Crippen molar-refractivity contribution in [2.75, 3.05) is 13.8 Å². The van der Waals surface area contributed by atoms with Gasteiger partial charge in [-0.25, -0.2) is 14.5 Å². The zero-order valence-electron chi connectivity index (χ0n) is 15.2. The molecule has 2 unspecified atom stereocenters. The predicted octanol–water partition coefficient (Wildman–Crippen LogP) is 3.25. The van der Waals surface area contributed by atoms with Crippen molar-refractivity contribution < 1.29 is 19.0 Å². The number of benzene rings is 1. The minimum Gasteiger partial charge on any atom is -0.465 e. The Labute approximate surface area is 157 Å². The Bertz CT molecular complexity index is 686. The number of methoxy groups -OCH3 is 1. The number of carbonyl (C=O) groups is 1. The third-order valence-corrected chi connectivity index (χ3v) is 3.73. The first-order valence-corrected chi connectivity index (χ1v) is 8.39. The van der Waals surface area contributed by atoms with Gasteiger partial charge in [0, 0.05) is 17.5 Å². The van der Waals surface area contributed by atoms with Crippen LogP contribution in [0.1, 0.15) is 27.0 Å². The monoisotopic (exact) mass is 382 g/mol. The maximum Gasteiger partial charge on any atom is 0.409 e. The summed E-state index contributed by atoms with van der Waals surface area (Å²) in [7, 11) is 1.48. The molecule has 1 aromatic carbocycles. The van der Waals surface area contributed by atoms with Gasteiger partial charge >= 0.3 is 6.09 Å². The lowest BCUT2D eigenvalue weighted by Crippen LogP contribution is -2.44. The molecule has 0 saturated carbocycles. The fourth-order valence-electron chi connectivity index (χ4n) is 2.21. The fourth-order valence-corrected chi connectivity index (χ4v) is 2.33. The van der Waals surface area contributed by atoms with E-state index in [0.717, 1.165) is 0 Å². The molecule has 0 radical (unpaired) electrons. The standard InChI is InChI=1S/C17H23ClN4O4/c1-17(2,3)14(26-16(23)20-11-24-4)15(22-10-19-9-21-22)25-13-7-5-12(18)6-8-13/h5-10,14-15H,11H2,1-4H3,(H,20,23). The van der Waals surface area contributed by atoms with Crippen LogP contribution in [0.5, 0.6) is 5.75 Å². The van der Waals surface area contributed by atoms with Crippen LogP contribution < -0.4 is 10.1 Å². The summed E-state index contributed by atoms with van der Waals surface area (Å²) in [6.07, 6.45) is 0.888. The first-order valence-electron chi connectivity index (χ1n) is 8.01. The van der Waals surface area contributed by atoms with Gasteiger partial charge in [0.2, 0.25) is 6.23 Å². The van der Waals surface area contributed by atoms with Crippen LogP contribution in [-0.4, -0.2) is 40.8 Å². The average molecular weight is 383 g/mol. The maximum atomic E-state index is 12.1. The van der Waals surface area contributed by atoms with E-state index in [1.807, 2.05) is 20.8 Å². The lowest BCUT2D eigenvalue weighted by atomic mass is 9.87. The number of hydrogen-bond donors (Lipinski definition) is 1. The van der Waals surface area contributed by atoms with Gasteiger partial charge in [-0.2, -0.15) is 5.10 Å². The van der Waals surface area contributed by atoms with Crippen molar-refractivity contribution in [3.8, 4) is 5.75 Å². The summed E-state index contributed by atoms with van der Waals surface area (Å²) in [5, 5.41) is 7.25. The first kappa shape index (κ1) is 20.0. The number of rotatable bonds is 7. The van der Waals surface area contributed by atoms with Gasteiger partial charge in [0.25, 0.3) is 0 Å². The molecule has 2 atom stereocenters. The Morgan fingerprint density at radius 2 is 2.00 bits per heavy atom. The highest BCUT2D eigenvalue weighted by atomic mass is 35.5. The Morgan fingerprint density at radius 3 is 2.54 bits per heavy atom. The Balaban J connectivity index is 2.29. The number of ether oxygens (including phenoxy) is 3. The van der Waals surface area contributed by atoms with Crippen molar-refractivity contribution in [1.82, 2.24) is 20.1 Å². The van der Waals surface area contributed by atoms with Gasteiger partial charge in [-0.1, -0.05) is 32.4 Å². The number of nitrogens with one attached hydrogen (secondary N) is 1. The average Bonchev–Trinajstić information content (AvgIpc) is 3.11. The number of nitrogens with zero attached hydrogens (tertiary/aromatic N) is 3. The molecule has 0 bridgehead atoms. The molecule has 1 heterocycles. The molecule has 142 valence electrons. The number of amides is 1. The van der Waals surface area contributed by atoms with E-state index in [1.165, 1.54) is 24.4 Å². The van der Waals surface area contributed by atoms with Crippen LogP contribution >= 0.6 is 11.6 Å². The molecule has 0 aliphatic carbocycles. The van der Waals surface area contributed by atoms with Crippen molar-refractivity contribution in [3.63, 3.8) is 0 Å². The van der Waals surface area contributed by atoms with E-state index in [2.05, 4.69) is 15.4 Å². The molecule has 0 aliphatic rings. The van der Waals surface area contributed by atoms with E-state index in [0.29, 0.717) is 10.8 Å². The van der Waals surface area contributed by atoms with Gasteiger partial charge in [0.15, 0.2) is 6.10 Å². The summed E-state index contributed by atoms with van der Waals surface area (Å²) in [5.74, 6) is 0.560. The molecule has 0 fully saturated rings. The molecule has 1 amide bonds. The van der Waals surface area contributed by atoms with Crippen molar-refractivity contribution >= 4 is 17.7 Å². The van der Waals surface area contributed by atoms with Gasteiger partial charge in [0.05, 0.1) is 0 Å². The largest absolute Gasteiger partial charge is 0.465 e. The highest BCUT2D eigenvalue weighted by molar-refractivity contribution is 6.30. The number of alkyl carbamates (subject to hydrolysis) is 1. The summed E-state index contributed by atoms with van der Waals surface area (Å²) in [5.41, 5.74) is -0.451. The van der Waals surface area contributed by atoms with Gasteiger partial charge in [0.1, 0.15) is 25.1 Å². The lowest BCUT2D eigenvalue weighted by molar-refractivity contribution is -0.0806. The molecule has 2 rings (SSSR count). The van der Waals surface area contributed by atoms with E-state index >= 15 is 0 Å². The predicted molar refractivity (Wildman–Crippen MR) is 95.9 cm³/mol. The summed E-state index contributed by atoms with van der Waals surface area (Å²) in [6, 6.07) is 6.90. The van der Waals surface area contributed by atoms with Crippen LogP contribution in [0.4, 0.5) is 4.79 Å². The zero-order chi connectivity index (χ0) is 19.2. The van der Waals surface area contributed by atoms with Crippen molar-refractivity contribution in [3.05, 3.63) is 41.9 Å². The molecule has 0 aliphatic heterocycles. The second-order valence-corrected chi connectivity index (χ2v) is 7.08. The van der Waals surface area contributed by atoms with Crippen LogP contribution in [-0.2, 0) is 9.47 Å². The minimum absolute atomic E-state index is 0.0434. The van der Waals surface area contributed by atoms with Crippen LogP contribution in [0.2, 0.25) is 5.02 Å². The number of hydrogen-bond acceptors (Lipinski definition) is 6. The summed E-state index contributed by atoms with van der Waals surface area (Å²) >= 11 is 5.93. The molecule has 0 saturated heterocycles. The van der Waals surface area contributed by atoms with Crippen molar-refractivity contribution in [1.29, 1.82) is 0 Å². The summed E-state index contributed by atoms with van der Waals surface area (Å²) < 4.78 is 18.0. The molecule has 2 aromatic rings. The third-order valence-electron chi connectivity index (χ3n) is 3.48. The summed E-state index contributed by atoms with van der Waals surface area (Å²) in [6.45, 7) is 5.87. The number of aromatic nitrogens is 3. The van der Waals surface area contributed by atoms with E-state index < -0.39 is 23.8 Å². The lowest BCUT2D eigenvalue weighted by Gasteiger charge is -2.35. The molecular formula is C17H23ClN4O4. The second kappa shape index (κ2) is 8.86. The molecule has 1 aromatic heterocycles. The first-order chi connectivity index (χ1) is 12.3. The minimum atomic E-state index is -0.730. The van der Waals surface area contributed by atoms with Crippen LogP contribution in [0.15, 0.2) is 36.9 Å². The van der Waals surface area contributed by atoms with E-state index in [4.69, 9.17) is 25.8 Å². The molecule has 1 N–H and O–H groups in total. The highest BCUT2D eigenvalue weighted by Gasteiger charge is 2.39. The third kappa shape index (κ3) is 5.60. The summed E-state index contributed by atoms with van der Waals surface area (Å²) in [4.78, 5) is 16.1. The van der Waals surface area contributed by atoms with E-state index in [9.17, 15) is 4.79 Å². The van der Waals surface area contributed by atoms with Crippen LogP contribution in [0, 0.1) is 5.41 Å². The SMILES string of the molecule is COCNC(=O)OC(C(Oc1ccc(Cl)cc1)n1cncn1)C(C)(C)C. The fraction of sp³-hybridized carbons (Fsp3) is 0.471. The topological polar surface area (TPSA) is 87.5 Å². The van der Waals surface area contributed by atoms with Crippen LogP contribution in [0.25, 0.3) is 0 Å². The van der Waals surface area contributed by atoms with Gasteiger partial charge in [-0.15, -0.1) is 0 Å². The highest BCUT2D eigenvalue weighted by Crippen LogP contribution is 2.33. The molecule has 0 spiro atoms. The van der Waals surface area contributed by atoms with Crippen molar-refractivity contribution in [2.24, 2.45) is 5.41 Å². The quantitative estimate of drug-likeness (QED) is 0.739. The maximum absolute atomic E-state index is 12.1. The Kier molecular flexibility index (Phi) is 6.82. The van der Waals surface area contributed by atoms with Gasteiger partial charge < -0.3 is 14.2 Å². The molecule has 26 heavy (non-hydrogen) atoms.